The molecule has 2 aromatic rings. The maximum absolute atomic E-state index is 12.4. The van der Waals surface area contributed by atoms with E-state index in [2.05, 4.69) is 10.3 Å². The number of ether oxygens (including phenoxy) is 1. The van der Waals surface area contributed by atoms with Crippen LogP contribution in [0.25, 0.3) is 0 Å². The number of para-hydroxylation sites is 1. The van der Waals surface area contributed by atoms with E-state index in [0.29, 0.717) is 37.4 Å². The Bertz CT molecular complexity index is 870. The fourth-order valence-corrected chi connectivity index (χ4v) is 3.35. The smallest absolute Gasteiger partial charge is 0.261 e. The SMILES string of the molecule is CN=C(NCCCCN1C(=O)c2ccccc2C1=O)N(C)CCOc1ccccc1.I. The number of unbranched alkanes of at least 4 members (excludes halogenated alkanes) is 1. The van der Waals surface area contributed by atoms with Gasteiger partial charge in [-0.25, -0.2) is 0 Å². The monoisotopic (exact) mass is 536 g/mol. The molecule has 0 bridgehead atoms. The normalized spacial score (nSPS) is 13.0. The Hall–Kier alpha value is -2.62. The number of guanidine groups is 1. The van der Waals surface area contributed by atoms with Gasteiger partial charge in [0.25, 0.3) is 11.8 Å². The van der Waals surface area contributed by atoms with Crippen molar-refractivity contribution in [3.8, 4) is 5.75 Å². The summed E-state index contributed by atoms with van der Waals surface area (Å²) in [6, 6.07) is 16.7. The fraction of sp³-hybridized carbons (Fsp3) is 0.348. The Kier molecular flexibility index (Phi) is 9.77. The molecule has 1 N–H and O–H groups in total. The van der Waals surface area contributed by atoms with Crippen molar-refractivity contribution in [2.45, 2.75) is 12.8 Å². The van der Waals surface area contributed by atoms with Crippen molar-refractivity contribution in [1.82, 2.24) is 15.1 Å². The lowest BCUT2D eigenvalue weighted by Crippen LogP contribution is -2.41. The number of hydrogen-bond acceptors (Lipinski definition) is 4. The number of fused-ring (bicyclic) bond motifs is 1. The van der Waals surface area contributed by atoms with Crippen molar-refractivity contribution >= 4 is 41.8 Å². The lowest BCUT2D eigenvalue weighted by Gasteiger charge is -2.22. The third kappa shape index (κ3) is 6.43. The molecule has 1 aliphatic heterocycles. The van der Waals surface area contributed by atoms with Crippen molar-refractivity contribution in [2.24, 2.45) is 4.99 Å². The van der Waals surface area contributed by atoms with Crippen LogP contribution in [0.15, 0.2) is 59.6 Å². The first-order chi connectivity index (χ1) is 14.6. The summed E-state index contributed by atoms with van der Waals surface area (Å²) in [5.74, 6) is 1.24. The number of rotatable bonds is 9. The highest BCUT2D eigenvalue weighted by Crippen LogP contribution is 2.22. The van der Waals surface area contributed by atoms with E-state index in [4.69, 9.17) is 4.74 Å². The Morgan fingerprint density at radius 1 is 1.00 bits per heavy atom. The maximum Gasteiger partial charge on any atom is 0.261 e. The Balaban J connectivity index is 0.00000341. The molecule has 0 saturated carbocycles. The first kappa shape index (κ1) is 24.6. The second-order valence-corrected chi connectivity index (χ2v) is 7.07. The molecule has 0 aliphatic carbocycles. The highest BCUT2D eigenvalue weighted by molar-refractivity contribution is 14.0. The maximum atomic E-state index is 12.4. The van der Waals surface area contributed by atoms with Crippen molar-refractivity contribution in [1.29, 1.82) is 0 Å². The van der Waals surface area contributed by atoms with E-state index in [-0.39, 0.29) is 35.8 Å². The number of benzene rings is 2. The largest absolute Gasteiger partial charge is 0.492 e. The molecule has 0 atom stereocenters. The van der Waals surface area contributed by atoms with E-state index in [1.807, 2.05) is 42.3 Å². The first-order valence-electron chi connectivity index (χ1n) is 10.2. The van der Waals surface area contributed by atoms with Crippen LogP contribution in [0.4, 0.5) is 0 Å². The van der Waals surface area contributed by atoms with Crippen LogP contribution in [0.2, 0.25) is 0 Å². The lowest BCUT2D eigenvalue weighted by atomic mass is 10.1. The molecule has 1 heterocycles. The quantitative estimate of drug-likeness (QED) is 0.175. The molecule has 2 aromatic carbocycles. The molecule has 1 aliphatic rings. The van der Waals surface area contributed by atoms with Gasteiger partial charge in [-0.15, -0.1) is 24.0 Å². The predicted molar refractivity (Wildman–Crippen MR) is 132 cm³/mol. The van der Waals surface area contributed by atoms with E-state index in [1.165, 1.54) is 4.90 Å². The molecule has 0 saturated heterocycles. The Labute approximate surface area is 200 Å². The molecular formula is C23H29IN4O3. The Morgan fingerprint density at radius 3 is 2.23 bits per heavy atom. The number of carbonyl (C=O) groups is 2. The standard InChI is InChI=1S/C23H28N4O3.HI/c1-24-23(26(2)16-17-30-18-10-4-3-5-11-18)25-14-8-9-15-27-21(28)19-12-6-7-13-20(19)22(27)29;/h3-7,10-13H,8-9,14-17H2,1-2H3,(H,24,25);1H. The third-order valence-electron chi connectivity index (χ3n) is 4.98. The van der Waals surface area contributed by atoms with Crippen LogP contribution in [-0.2, 0) is 0 Å². The zero-order valence-corrected chi connectivity index (χ0v) is 20.2. The first-order valence-corrected chi connectivity index (χ1v) is 10.2. The van der Waals surface area contributed by atoms with E-state index < -0.39 is 0 Å². The van der Waals surface area contributed by atoms with Crippen molar-refractivity contribution in [3.63, 3.8) is 0 Å². The predicted octanol–water partition coefficient (Wildman–Crippen LogP) is 3.27. The molecule has 3 rings (SSSR count). The van der Waals surface area contributed by atoms with Gasteiger partial charge in [0, 0.05) is 27.2 Å². The van der Waals surface area contributed by atoms with Gasteiger partial charge in [0.1, 0.15) is 12.4 Å². The van der Waals surface area contributed by atoms with Crippen LogP contribution in [0.1, 0.15) is 33.6 Å². The van der Waals surface area contributed by atoms with Crippen molar-refractivity contribution < 1.29 is 14.3 Å². The zero-order valence-electron chi connectivity index (χ0n) is 17.9. The van der Waals surface area contributed by atoms with Gasteiger partial charge in [-0.05, 0) is 37.1 Å². The summed E-state index contributed by atoms with van der Waals surface area (Å²) in [6.07, 6.45) is 1.55. The van der Waals surface area contributed by atoms with Gasteiger partial charge in [-0.1, -0.05) is 30.3 Å². The summed E-state index contributed by atoms with van der Waals surface area (Å²) in [7, 11) is 3.71. The number of nitrogens with zero attached hydrogens (tertiary/aromatic N) is 3. The number of halogens is 1. The molecule has 0 aromatic heterocycles. The molecule has 0 fully saturated rings. The van der Waals surface area contributed by atoms with E-state index in [9.17, 15) is 9.59 Å². The number of imide groups is 1. The molecule has 2 amide bonds. The number of nitrogens with one attached hydrogen (secondary N) is 1. The molecule has 0 radical (unpaired) electrons. The number of aliphatic imine (C=N–C) groups is 1. The fourth-order valence-electron chi connectivity index (χ4n) is 3.35. The third-order valence-corrected chi connectivity index (χ3v) is 4.98. The van der Waals surface area contributed by atoms with Crippen molar-refractivity contribution in [3.05, 3.63) is 65.7 Å². The van der Waals surface area contributed by atoms with Crippen LogP contribution in [0.3, 0.4) is 0 Å². The molecular weight excluding hydrogens is 507 g/mol. The van der Waals surface area contributed by atoms with Gasteiger partial charge in [-0.3, -0.25) is 19.5 Å². The average molecular weight is 536 g/mol. The highest BCUT2D eigenvalue weighted by atomic mass is 127. The number of carbonyl (C=O) groups excluding carboxylic acids is 2. The van der Waals surface area contributed by atoms with Gasteiger partial charge in [-0.2, -0.15) is 0 Å². The zero-order chi connectivity index (χ0) is 21.3. The van der Waals surface area contributed by atoms with Gasteiger partial charge in [0.2, 0.25) is 0 Å². The number of amides is 2. The highest BCUT2D eigenvalue weighted by Gasteiger charge is 2.34. The number of likely N-dealkylation sites (N-methyl/N-ethyl adjacent to an activating group) is 1. The van der Waals surface area contributed by atoms with Crippen molar-refractivity contribution in [2.75, 3.05) is 40.3 Å². The van der Waals surface area contributed by atoms with E-state index in [1.54, 1.807) is 31.3 Å². The van der Waals surface area contributed by atoms with E-state index >= 15 is 0 Å². The van der Waals surface area contributed by atoms with Crippen LogP contribution < -0.4 is 10.1 Å². The summed E-state index contributed by atoms with van der Waals surface area (Å²) in [4.78, 5) is 32.4. The van der Waals surface area contributed by atoms with Gasteiger partial charge >= 0.3 is 0 Å². The molecule has 8 heteroatoms. The summed E-state index contributed by atoms with van der Waals surface area (Å²) in [5, 5.41) is 3.31. The van der Waals surface area contributed by atoms with Crippen LogP contribution in [0, 0.1) is 0 Å². The summed E-state index contributed by atoms with van der Waals surface area (Å²) in [6.45, 7) is 2.39. The second kappa shape index (κ2) is 12.3. The van der Waals surface area contributed by atoms with Gasteiger partial charge in [0.05, 0.1) is 17.7 Å². The average Bonchev–Trinajstić information content (AvgIpc) is 3.02. The molecule has 7 nitrogen and oxygen atoms in total. The summed E-state index contributed by atoms with van der Waals surface area (Å²) < 4.78 is 5.72. The Morgan fingerprint density at radius 2 is 1.61 bits per heavy atom. The molecule has 166 valence electrons. The second-order valence-electron chi connectivity index (χ2n) is 7.07. The van der Waals surface area contributed by atoms with Gasteiger partial charge < -0.3 is 15.0 Å². The minimum Gasteiger partial charge on any atom is -0.492 e. The summed E-state index contributed by atoms with van der Waals surface area (Å²) >= 11 is 0. The minimum atomic E-state index is -0.197. The summed E-state index contributed by atoms with van der Waals surface area (Å²) in [5.41, 5.74) is 1.00. The van der Waals surface area contributed by atoms with Crippen LogP contribution >= 0.6 is 24.0 Å². The lowest BCUT2D eigenvalue weighted by molar-refractivity contribution is 0.0652. The molecule has 31 heavy (non-hydrogen) atoms. The molecule has 0 spiro atoms. The van der Waals surface area contributed by atoms with Gasteiger partial charge in [0.15, 0.2) is 5.96 Å². The topological polar surface area (TPSA) is 74.2 Å². The molecule has 0 unspecified atom stereocenters. The van der Waals surface area contributed by atoms with Crippen LogP contribution in [0.5, 0.6) is 5.75 Å². The minimum absolute atomic E-state index is 0. The van der Waals surface area contributed by atoms with E-state index in [0.717, 1.165) is 24.6 Å². The number of hydrogen-bond donors (Lipinski definition) is 1. The van der Waals surface area contributed by atoms with Crippen LogP contribution in [-0.4, -0.2) is 67.9 Å².